The number of ether oxygens (including phenoxy) is 6. The van der Waals surface area contributed by atoms with Gasteiger partial charge in [-0.25, -0.2) is 4.79 Å². The Kier molecular flexibility index (Phi) is 8.46. The maximum Gasteiger partial charge on any atom is 0.331 e. The molecule has 4 aliphatic carbocycles. The number of aliphatic hydroxyl groups is 1. The highest BCUT2D eigenvalue weighted by Gasteiger charge is 2.70. The SMILES string of the molecule is COC1C(O)[C@H](O[C@@H]2CC[C@]3(C)C4CC[C@]5(C)[C@@H](C6=CC(=O)OC6)CC[C@]5(OC(C)=O)C4CC[C@@H]3C2)OC(C)[C@H]1OC(C)=O. The number of hydrogen-bond donors (Lipinski definition) is 1. The van der Waals surface area contributed by atoms with E-state index >= 15 is 0 Å². The number of methoxy groups -OCH3 is 1. The Morgan fingerprint density at radius 1 is 0.977 bits per heavy atom. The van der Waals surface area contributed by atoms with Crippen LogP contribution in [0.4, 0.5) is 0 Å². The van der Waals surface area contributed by atoms with Gasteiger partial charge >= 0.3 is 17.9 Å². The zero-order chi connectivity index (χ0) is 31.6. The standard InChI is InChI=1S/C34H50O10/c1-18-29(42-19(2)35)30(39-6)28(38)31(41-18)43-23-9-12-32(4)22(16-23)7-8-26-25(32)10-13-33(5)24(21-15-27(37)40-17-21)11-14-34(26,33)44-20(3)36/h15,18,22-26,28-31,38H,7-14,16-17H2,1-6H3/t18?,22-,23-,24-,25?,26?,28?,29-,30?,31+,32+,33-,34+/m1/s1. The second-order valence-corrected chi connectivity index (χ2v) is 14.9. The van der Waals surface area contributed by atoms with Crippen LogP contribution < -0.4 is 0 Å². The summed E-state index contributed by atoms with van der Waals surface area (Å²) in [6.07, 6.45) is 6.12. The molecule has 2 aliphatic heterocycles. The molecule has 0 bridgehead atoms. The number of fused-ring (bicyclic) bond motifs is 5. The molecule has 0 radical (unpaired) electrons. The van der Waals surface area contributed by atoms with Crippen molar-refractivity contribution in [3.8, 4) is 0 Å². The van der Waals surface area contributed by atoms with E-state index in [0.717, 1.165) is 63.4 Å². The van der Waals surface area contributed by atoms with Gasteiger partial charge in [0.2, 0.25) is 0 Å². The molecule has 0 spiro atoms. The molecule has 2 heterocycles. The molecule has 0 aromatic carbocycles. The van der Waals surface area contributed by atoms with Gasteiger partial charge in [0.1, 0.15) is 24.4 Å². The van der Waals surface area contributed by atoms with Crippen LogP contribution >= 0.6 is 0 Å². The van der Waals surface area contributed by atoms with Crippen molar-refractivity contribution in [2.75, 3.05) is 13.7 Å². The number of hydrogen-bond acceptors (Lipinski definition) is 10. The summed E-state index contributed by atoms with van der Waals surface area (Å²) in [5.74, 6) is 0.349. The molecule has 0 amide bonds. The molecule has 10 heteroatoms. The van der Waals surface area contributed by atoms with E-state index in [0.29, 0.717) is 18.4 Å². The summed E-state index contributed by atoms with van der Waals surface area (Å²) in [6, 6.07) is 0. The third-order valence-electron chi connectivity index (χ3n) is 12.9. The van der Waals surface area contributed by atoms with Crippen molar-refractivity contribution in [1.29, 1.82) is 0 Å². The largest absolute Gasteiger partial charge is 0.458 e. The molecule has 6 aliphatic rings. The first-order valence-corrected chi connectivity index (χ1v) is 16.6. The molecule has 1 N–H and O–H groups in total. The van der Waals surface area contributed by atoms with Gasteiger partial charge in [-0.2, -0.15) is 0 Å². The van der Waals surface area contributed by atoms with E-state index in [-0.39, 0.29) is 40.7 Å². The molecule has 246 valence electrons. The first-order valence-electron chi connectivity index (χ1n) is 16.6. The summed E-state index contributed by atoms with van der Waals surface area (Å²) >= 11 is 0. The molecule has 13 atom stereocenters. The number of carbonyl (C=O) groups is 3. The third kappa shape index (κ3) is 5.03. The predicted octanol–water partition coefficient (Wildman–Crippen LogP) is 4.25. The summed E-state index contributed by atoms with van der Waals surface area (Å²) in [5.41, 5.74) is 0.342. The van der Waals surface area contributed by atoms with Crippen molar-refractivity contribution >= 4 is 17.9 Å². The topological polar surface area (TPSA) is 127 Å². The zero-order valence-corrected chi connectivity index (χ0v) is 27.0. The molecule has 44 heavy (non-hydrogen) atoms. The lowest BCUT2D eigenvalue weighted by Gasteiger charge is -2.64. The lowest BCUT2D eigenvalue weighted by molar-refractivity contribution is -0.314. The Morgan fingerprint density at radius 3 is 2.41 bits per heavy atom. The van der Waals surface area contributed by atoms with Gasteiger partial charge in [-0.15, -0.1) is 0 Å². The molecule has 6 rings (SSSR count). The molecule has 0 aromatic rings. The van der Waals surface area contributed by atoms with Gasteiger partial charge in [0.15, 0.2) is 12.4 Å². The number of rotatable bonds is 6. The quantitative estimate of drug-likeness (QED) is 0.262. The molecule has 1 saturated heterocycles. The minimum absolute atomic E-state index is 0.0711. The van der Waals surface area contributed by atoms with E-state index in [1.807, 2.05) is 0 Å². The Labute approximate surface area is 260 Å². The van der Waals surface area contributed by atoms with E-state index in [2.05, 4.69) is 13.8 Å². The van der Waals surface area contributed by atoms with Gasteiger partial charge < -0.3 is 33.5 Å². The van der Waals surface area contributed by atoms with Crippen LogP contribution in [0, 0.1) is 34.5 Å². The van der Waals surface area contributed by atoms with Crippen LogP contribution in [0.3, 0.4) is 0 Å². The fraction of sp³-hybridized carbons (Fsp3) is 0.853. The van der Waals surface area contributed by atoms with Crippen molar-refractivity contribution in [3.63, 3.8) is 0 Å². The molecule has 5 unspecified atom stereocenters. The van der Waals surface area contributed by atoms with E-state index in [4.69, 9.17) is 28.4 Å². The van der Waals surface area contributed by atoms with E-state index in [1.165, 1.54) is 21.0 Å². The van der Waals surface area contributed by atoms with E-state index < -0.39 is 42.3 Å². The third-order valence-corrected chi connectivity index (χ3v) is 12.9. The van der Waals surface area contributed by atoms with Crippen LogP contribution in [0.2, 0.25) is 0 Å². The van der Waals surface area contributed by atoms with Crippen molar-refractivity contribution in [1.82, 2.24) is 0 Å². The van der Waals surface area contributed by atoms with Gasteiger partial charge in [-0.3, -0.25) is 9.59 Å². The number of carbonyl (C=O) groups excluding carboxylic acids is 3. The van der Waals surface area contributed by atoms with E-state index in [9.17, 15) is 19.5 Å². The second-order valence-electron chi connectivity index (χ2n) is 14.9. The number of esters is 3. The fourth-order valence-electron chi connectivity index (χ4n) is 10.9. The number of cyclic esters (lactones) is 1. The van der Waals surface area contributed by atoms with Crippen molar-refractivity contribution in [2.24, 2.45) is 34.5 Å². The fourth-order valence-corrected chi connectivity index (χ4v) is 10.9. The predicted molar refractivity (Wildman–Crippen MR) is 157 cm³/mol. The average Bonchev–Trinajstić information content (AvgIpc) is 3.51. The lowest BCUT2D eigenvalue weighted by Crippen LogP contribution is -2.64. The summed E-state index contributed by atoms with van der Waals surface area (Å²) in [4.78, 5) is 36.3. The normalized spacial score (nSPS) is 48.3. The molecular formula is C34H50O10. The summed E-state index contributed by atoms with van der Waals surface area (Å²) in [6.45, 7) is 9.75. The summed E-state index contributed by atoms with van der Waals surface area (Å²) < 4.78 is 35.3. The highest BCUT2D eigenvalue weighted by Crippen LogP contribution is 2.71. The monoisotopic (exact) mass is 618 g/mol. The molecule has 5 fully saturated rings. The Morgan fingerprint density at radius 2 is 1.75 bits per heavy atom. The first-order chi connectivity index (χ1) is 20.8. The molecular weight excluding hydrogens is 568 g/mol. The minimum Gasteiger partial charge on any atom is -0.458 e. The summed E-state index contributed by atoms with van der Waals surface area (Å²) in [5, 5.41) is 11.1. The van der Waals surface area contributed by atoms with Gasteiger partial charge in [-0.05, 0) is 93.5 Å². The van der Waals surface area contributed by atoms with Crippen LogP contribution in [-0.2, 0) is 42.8 Å². The maximum atomic E-state index is 12.7. The van der Waals surface area contributed by atoms with Crippen LogP contribution in [0.25, 0.3) is 0 Å². The minimum atomic E-state index is -1.09. The van der Waals surface area contributed by atoms with Gasteiger partial charge in [0.05, 0.1) is 12.2 Å². The number of aliphatic hydroxyl groups excluding tert-OH is 1. The Balaban J connectivity index is 1.18. The van der Waals surface area contributed by atoms with Gasteiger partial charge in [-0.1, -0.05) is 13.8 Å². The van der Waals surface area contributed by atoms with Crippen LogP contribution in [0.1, 0.15) is 92.4 Å². The first kappa shape index (κ1) is 32.0. The van der Waals surface area contributed by atoms with Crippen LogP contribution in [0.5, 0.6) is 0 Å². The Bertz CT molecular complexity index is 1180. The highest BCUT2D eigenvalue weighted by atomic mass is 16.7. The molecule has 10 nitrogen and oxygen atoms in total. The molecule has 0 aromatic heterocycles. The average molecular weight is 619 g/mol. The van der Waals surface area contributed by atoms with Crippen molar-refractivity contribution < 1.29 is 47.9 Å². The van der Waals surface area contributed by atoms with Crippen LogP contribution in [0.15, 0.2) is 11.6 Å². The van der Waals surface area contributed by atoms with Crippen molar-refractivity contribution in [2.45, 2.75) is 135 Å². The van der Waals surface area contributed by atoms with Crippen LogP contribution in [-0.4, -0.2) is 79.1 Å². The van der Waals surface area contributed by atoms with E-state index in [1.54, 1.807) is 13.0 Å². The highest BCUT2D eigenvalue weighted by molar-refractivity contribution is 5.85. The maximum absolute atomic E-state index is 12.7. The zero-order valence-electron chi connectivity index (χ0n) is 27.0. The van der Waals surface area contributed by atoms with Gasteiger partial charge in [0.25, 0.3) is 0 Å². The lowest BCUT2D eigenvalue weighted by atomic mass is 9.43. The van der Waals surface area contributed by atoms with Crippen molar-refractivity contribution in [3.05, 3.63) is 11.6 Å². The molecule has 4 saturated carbocycles. The van der Waals surface area contributed by atoms with Gasteiger partial charge in [0, 0.05) is 38.4 Å². The Hall–Kier alpha value is -2.01. The second kappa shape index (κ2) is 11.7. The summed E-state index contributed by atoms with van der Waals surface area (Å²) in [7, 11) is 1.49. The smallest absolute Gasteiger partial charge is 0.331 e.